The number of carbonyl (C=O) groups excluding carboxylic acids is 1. The molecule has 3 rings (SSSR count). The fourth-order valence-electron chi connectivity index (χ4n) is 2.25. The Hall–Kier alpha value is -3.46. The molecule has 2 aromatic rings. The van der Waals surface area contributed by atoms with Gasteiger partial charge in [-0.1, -0.05) is 18.2 Å². The molecule has 0 saturated carbocycles. The first-order valence-electron chi connectivity index (χ1n) is 6.42. The van der Waals surface area contributed by atoms with E-state index < -0.39 is 5.78 Å². The van der Waals surface area contributed by atoms with Gasteiger partial charge in [0.1, 0.15) is 0 Å². The van der Waals surface area contributed by atoms with Crippen molar-refractivity contribution in [2.75, 3.05) is 0 Å². The highest BCUT2D eigenvalue weighted by Gasteiger charge is 2.45. The van der Waals surface area contributed by atoms with Crippen molar-refractivity contribution in [3.63, 3.8) is 0 Å². The molecular formula is C16H9N3O3. The molecule has 2 aromatic carbocycles. The summed E-state index contributed by atoms with van der Waals surface area (Å²) in [5.74, 6) is -0.638. The van der Waals surface area contributed by atoms with E-state index >= 15 is 0 Å². The minimum absolute atomic E-state index is 0.0338. The van der Waals surface area contributed by atoms with Crippen LogP contribution in [0.1, 0.15) is 16.7 Å². The first-order chi connectivity index (χ1) is 10.6. The van der Waals surface area contributed by atoms with Gasteiger partial charge in [0, 0.05) is 0 Å². The maximum atomic E-state index is 12.5. The largest absolute Gasteiger partial charge is 0.561 e. The van der Waals surface area contributed by atoms with E-state index in [2.05, 4.69) is 0 Å². The lowest BCUT2D eigenvalue weighted by Gasteiger charge is -1.98. The predicted octanol–water partition coefficient (Wildman–Crippen LogP) is 1.35. The third-order valence-corrected chi connectivity index (χ3v) is 3.31. The van der Waals surface area contributed by atoms with Crippen molar-refractivity contribution in [1.29, 1.82) is 5.26 Å². The fraction of sp³-hybridized carbons (Fsp3) is 0. The Morgan fingerprint density at radius 2 is 1.32 bits per heavy atom. The van der Waals surface area contributed by atoms with Gasteiger partial charge < -0.3 is 10.4 Å². The van der Waals surface area contributed by atoms with Crippen LogP contribution in [0.25, 0.3) is 0 Å². The molecule has 0 amide bonds. The number of hydrogen-bond acceptors (Lipinski definition) is 4. The fourth-order valence-corrected chi connectivity index (χ4v) is 2.25. The zero-order valence-electron chi connectivity index (χ0n) is 11.3. The van der Waals surface area contributed by atoms with Crippen molar-refractivity contribution in [2.24, 2.45) is 0 Å². The summed E-state index contributed by atoms with van der Waals surface area (Å²) in [6, 6.07) is 16.1. The molecule has 0 bridgehead atoms. The maximum absolute atomic E-state index is 12.5. The molecule has 22 heavy (non-hydrogen) atoms. The molecule has 6 heteroatoms. The Balaban J connectivity index is 2.06. The van der Waals surface area contributed by atoms with Crippen LogP contribution in [-0.4, -0.2) is 26.9 Å². The Bertz CT molecular complexity index is 860. The molecule has 106 valence electrons. The Labute approximate surface area is 125 Å². The summed E-state index contributed by atoms with van der Waals surface area (Å²) < 4.78 is 0. The topological polar surface area (TPSA) is 93.0 Å². The van der Waals surface area contributed by atoms with E-state index in [1.165, 1.54) is 24.3 Å². The summed E-state index contributed by atoms with van der Waals surface area (Å²) in [5.41, 5.74) is 0.615. The van der Waals surface area contributed by atoms with E-state index in [0.717, 1.165) is 0 Å². The highest BCUT2D eigenvalue weighted by atomic mass is 16.7. The van der Waals surface area contributed by atoms with E-state index in [-0.39, 0.29) is 21.1 Å². The second kappa shape index (κ2) is 5.14. The number of rotatable bonds is 2. The van der Waals surface area contributed by atoms with E-state index in [4.69, 9.17) is 5.26 Å². The summed E-state index contributed by atoms with van der Waals surface area (Å²) in [6.45, 7) is 0. The van der Waals surface area contributed by atoms with Crippen LogP contribution < -0.4 is 0 Å². The van der Waals surface area contributed by atoms with Crippen molar-refractivity contribution in [1.82, 2.24) is 0 Å². The number of hydrazine groups is 1. The second-order valence-corrected chi connectivity index (χ2v) is 4.63. The number of nitrogens with zero attached hydrogens (tertiary/aromatic N) is 3. The Kier molecular flexibility index (Phi) is 3.16. The molecule has 0 spiro atoms. The first kappa shape index (κ1) is 13.5. The highest BCUT2D eigenvalue weighted by Crippen LogP contribution is 2.14. The third kappa shape index (κ3) is 2.01. The maximum Gasteiger partial charge on any atom is 0.349 e. The van der Waals surface area contributed by atoms with Crippen molar-refractivity contribution in [2.45, 2.75) is 0 Å². The quantitative estimate of drug-likeness (QED) is 0.616. The molecular weight excluding hydrogens is 282 g/mol. The smallest absolute Gasteiger partial charge is 0.349 e. The van der Waals surface area contributed by atoms with Gasteiger partial charge >= 0.3 is 17.2 Å². The Morgan fingerprint density at radius 1 is 0.818 bits per heavy atom. The molecule has 0 unspecified atom stereocenters. The zero-order valence-corrected chi connectivity index (χ0v) is 11.3. The van der Waals surface area contributed by atoms with Crippen molar-refractivity contribution >= 4 is 17.2 Å². The molecule has 0 fully saturated rings. The second-order valence-electron chi connectivity index (χ2n) is 4.63. The molecule has 0 N–H and O–H groups in total. The van der Waals surface area contributed by atoms with Crippen LogP contribution >= 0.6 is 0 Å². The monoisotopic (exact) mass is 291 g/mol. The first-order valence-corrected chi connectivity index (χ1v) is 6.42. The van der Waals surface area contributed by atoms with E-state index in [0.29, 0.717) is 16.7 Å². The van der Waals surface area contributed by atoms with Crippen molar-refractivity contribution < 1.29 is 14.5 Å². The number of nitriles is 1. The molecule has 1 aliphatic rings. The Morgan fingerprint density at radius 3 is 1.82 bits per heavy atom. The molecule has 0 radical (unpaired) electrons. The normalized spacial score (nSPS) is 14.4. The molecule has 0 aliphatic carbocycles. The van der Waals surface area contributed by atoms with Crippen LogP contribution in [0, 0.1) is 21.7 Å². The van der Waals surface area contributed by atoms with Gasteiger partial charge in [-0.2, -0.15) is 5.26 Å². The van der Waals surface area contributed by atoms with E-state index in [1.807, 2.05) is 6.07 Å². The van der Waals surface area contributed by atoms with Crippen molar-refractivity contribution in [3.8, 4) is 6.07 Å². The SMILES string of the molecule is N#Cc1ccc(C2=[N+]([O-])[N+]([O-])=C(c3ccccc3)C2=O)cc1. The minimum Gasteiger partial charge on any atom is -0.561 e. The van der Waals surface area contributed by atoms with Crippen LogP contribution in [0.5, 0.6) is 0 Å². The standard InChI is InChI=1S/C16H9N3O3/c17-10-11-6-8-13(9-7-11)15-16(20)14(18(21)19(15)22)12-4-2-1-3-5-12/h1-9H. The van der Waals surface area contributed by atoms with Gasteiger partial charge in [-0.25, -0.2) is 0 Å². The lowest BCUT2D eigenvalue weighted by molar-refractivity contribution is -1.05. The van der Waals surface area contributed by atoms with E-state index in [9.17, 15) is 15.2 Å². The lowest BCUT2D eigenvalue weighted by Crippen LogP contribution is -2.23. The average molecular weight is 291 g/mol. The summed E-state index contributed by atoms with van der Waals surface area (Å²) in [6.07, 6.45) is 0. The molecule has 0 aromatic heterocycles. The summed E-state index contributed by atoms with van der Waals surface area (Å²) in [4.78, 5) is 12.5. The van der Waals surface area contributed by atoms with Gasteiger partial charge in [-0.05, 0) is 36.4 Å². The van der Waals surface area contributed by atoms with Crippen molar-refractivity contribution in [3.05, 3.63) is 81.7 Å². The number of carbonyl (C=O) groups is 1. The van der Waals surface area contributed by atoms with Gasteiger partial charge in [-0.15, -0.1) is 0 Å². The van der Waals surface area contributed by atoms with Crippen LogP contribution in [-0.2, 0) is 4.79 Å². The summed E-state index contributed by atoms with van der Waals surface area (Å²) in [7, 11) is 0. The molecule has 6 nitrogen and oxygen atoms in total. The van der Waals surface area contributed by atoms with Crippen LogP contribution in [0.3, 0.4) is 0 Å². The molecule has 0 atom stereocenters. The number of benzene rings is 2. The molecule has 0 saturated heterocycles. The zero-order chi connectivity index (χ0) is 15.7. The van der Waals surface area contributed by atoms with Gasteiger partial charge in [-0.3, -0.25) is 4.79 Å². The van der Waals surface area contributed by atoms with Crippen LogP contribution in [0.2, 0.25) is 0 Å². The van der Waals surface area contributed by atoms with Crippen LogP contribution in [0.4, 0.5) is 0 Å². The number of ketones is 1. The molecule has 1 heterocycles. The number of hydrazone groups is 2. The van der Waals surface area contributed by atoms with Gasteiger partial charge in [0.2, 0.25) is 0 Å². The van der Waals surface area contributed by atoms with E-state index in [1.54, 1.807) is 30.3 Å². The van der Waals surface area contributed by atoms with Gasteiger partial charge in [0.15, 0.2) is 0 Å². The summed E-state index contributed by atoms with van der Waals surface area (Å²) >= 11 is 0. The van der Waals surface area contributed by atoms with Gasteiger partial charge in [0.05, 0.1) is 32.5 Å². The lowest BCUT2D eigenvalue weighted by atomic mass is 9.99. The summed E-state index contributed by atoms with van der Waals surface area (Å²) in [5, 5.41) is 32.8. The number of hydrogen-bond donors (Lipinski definition) is 0. The predicted molar refractivity (Wildman–Crippen MR) is 78.1 cm³/mol. The number of Topliss-reactive ketones (excluding diaryl/α,β-unsaturated/α-hetero) is 1. The third-order valence-electron chi connectivity index (χ3n) is 3.31. The van der Waals surface area contributed by atoms with Crippen LogP contribution in [0.15, 0.2) is 54.6 Å². The minimum atomic E-state index is -0.638. The highest BCUT2D eigenvalue weighted by molar-refractivity contribution is 6.70. The molecule has 1 aliphatic heterocycles. The average Bonchev–Trinajstić information content (AvgIpc) is 2.78. The van der Waals surface area contributed by atoms with Gasteiger partial charge in [0.25, 0.3) is 0 Å².